The maximum Gasteiger partial charge on any atom is 0.261 e. The molecule has 2 aromatic carbocycles. The van der Waals surface area contributed by atoms with E-state index in [1.54, 1.807) is 0 Å². The van der Waals surface area contributed by atoms with Crippen LogP contribution in [0.1, 0.15) is 67.2 Å². The van der Waals surface area contributed by atoms with Crippen LogP contribution in [0, 0.1) is 0 Å². The van der Waals surface area contributed by atoms with Gasteiger partial charge in [-0.3, -0.25) is 0 Å². The molecule has 0 unspecified atom stereocenters. The van der Waals surface area contributed by atoms with Crippen LogP contribution in [-0.4, -0.2) is 37.4 Å². The first-order valence-corrected chi connectivity index (χ1v) is 24.3. The molecule has 0 saturated carbocycles. The maximum atomic E-state index is 7.57. The second-order valence-electron chi connectivity index (χ2n) is 15.8. The van der Waals surface area contributed by atoms with Crippen molar-refractivity contribution in [1.82, 2.24) is 0 Å². The minimum atomic E-state index is -2.64. The van der Waals surface area contributed by atoms with Gasteiger partial charge in [0.1, 0.15) is 0 Å². The predicted molar refractivity (Wildman–Crippen MR) is 193 cm³/mol. The highest BCUT2D eigenvalue weighted by Gasteiger charge is 2.51. The van der Waals surface area contributed by atoms with E-state index in [1.165, 1.54) is 27.1 Å². The van der Waals surface area contributed by atoms with Crippen LogP contribution in [0.5, 0.6) is 0 Å². The van der Waals surface area contributed by atoms with Crippen LogP contribution in [0.3, 0.4) is 0 Å². The quantitative estimate of drug-likeness (QED) is 0.184. The Kier molecular flexibility index (Phi) is 11.1. The molecule has 2 aromatic rings. The topological polar surface area (TPSA) is 18.5 Å². The van der Waals surface area contributed by atoms with Gasteiger partial charge in [-0.25, -0.2) is 0 Å². The number of benzene rings is 2. The third kappa shape index (κ3) is 8.44. The highest BCUT2D eigenvalue weighted by atomic mass is 28.4. The lowest BCUT2D eigenvalue weighted by atomic mass is 9.87. The third-order valence-corrected chi connectivity index (χ3v) is 19.8. The number of hydrogen-bond acceptors (Lipinski definition) is 2. The van der Waals surface area contributed by atoms with Crippen molar-refractivity contribution >= 4 is 35.1 Å². The van der Waals surface area contributed by atoms with Gasteiger partial charge in [0.05, 0.1) is 14.2 Å². The standard InChI is InChI=1S/C37H58O2Si3/c1-30(20-19-27-38-41(11,12)36(2,3)4)35-28-32(26-25-31(35)29-40(8,9)10)39-42(37(5,6)7,33-21-15-13-16-22-33)34-23-17-14-18-24-34/h13-18,21-24,28-29,32H,1,19-20,25-27H2,2-12H3/b31-29+/t32-/m1/s1. The van der Waals surface area contributed by atoms with Crippen LogP contribution in [0.25, 0.3) is 0 Å². The Bertz CT molecular complexity index is 1200. The Balaban J connectivity index is 1.98. The van der Waals surface area contributed by atoms with Crippen LogP contribution in [0.2, 0.25) is 42.8 Å². The number of allylic oxidation sites excluding steroid dienone is 3. The zero-order valence-corrected chi connectivity index (χ0v) is 31.6. The molecule has 1 atom stereocenters. The van der Waals surface area contributed by atoms with Crippen LogP contribution in [0.4, 0.5) is 0 Å². The molecule has 0 aliphatic heterocycles. The van der Waals surface area contributed by atoms with E-state index >= 15 is 0 Å². The summed E-state index contributed by atoms with van der Waals surface area (Å²) in [4.78, 5) is 0. The fourth-order valence-electron chi connectivity index (χ4n) is 5.80. The van der Waals surface area contributed by atoms with E-state index in [0.717, 1.165) is 32.3 Å². The molecule has 0 saturated heterocycles. The van der Waals surface area contributed by atoms with Crippen LogP contribution in [-0.2, 0) is 8.85 Å². The lowest BCUT2D eigenvalue weighted by Gasteiger charge is -2.45. The van der Waals surface area contributed by atoms with Crippen molar-refractivity contribution in [2.24, 2.45) is 0 Å². The first-order valence-electron chi connectivity index (χ1n) is 15.9. The Morgan fingerprint density at radius 3 is 1.81 bits per heavy atom. The van der Waals surface area contributed by atoms with Crippen LogP contribution >= 0.6 is 0 Å². The third-order valence-electron chi connectivity index (χ3n) is 9.02. The Hall–Kier alpha value is -1.77. The van der Waals surface area contributed by atoms with Crippen molar-refractivity contribution in [1.29, 1.82) is 0 Å². The van der Waals surface area contributed by atoms with Gasteiger partial charge in [0, 0.05) is 6.61 Å². The van der Waals surface area contributed by atoms with Gasteiger partial charge in [0.2, 0.25) is 0 Å². The van der Waals surface area contributed by atoms with Crippen LogP contribution in [0.15, 0.2) is 95.7 Å². The second kappa shape index (κ2) is 13.5. The van der Waals surface area contributed by atoms with Crippen molar-refractivity contribution in [3.63, 3.8) is 0 Å². The monoisotopic (exact) mass is 618 g/mol. The first-order chi connectivity index (χ1) is 19.4. The highest BCUT2D eigenvalue weighted by molar-refractivity contribution is 6.99. The van der Waals surface area contributed by atoms with Gasteiger partial charge in [-0.15, -0.1) is 0 Å². The predicted octanol–water partition coefficient (Wildman–Crippen LogP) is 9.81. The summed E-state index contributed by atoms with van der Waals surface area (Å²) in [6.07, 6.45) is 6.49. The van der Waals surface area contributed by atoms with E-state index < -0.39 is 24.7 Å². The van der Waals surface area contributed by atoms with E-state index in [1.807, 2.05) is 0 Å². The molecule has 1 aliphatic rings. The zero-order valence-electron chi connectivity index (χ0n) is 28.6. The minimum Gasteiger partial charge on any atom is -0.417 e. The molecule has 42 heavy (non-hydrogen) atoms. The number of rotatable bonds is 11. The molecule has 3 rings (SSSR count). The second-order valence-corrected chi connectivity index (χ2v) is 29.9. The first kappa shape index (κ1) is 34.7. The molecule has 0 radical (unpaired) electrons. The largest absolute Gasteiger partial charge is 0.417 e. The van der Waals surface area contributed by atoms with Crippen LogP contribution < -0.4 is 10.4 Å². The molecule has 0 fully saturated rings. The molecule has 0 aromatic heterocycles. The van der Waals surface area contributed by atoms with Crippen molar-refractivity contribution < 1.29 is 8.85 Å². The summed E-state index contributed by atoms with van der Waals surface area (Å²) in [6, 6.07) is 22.0. The minimum absolute atomic E-state index is 0.0454. The molecule has 0 amide bonds. The van der Waals surface area contributed by atoms with E-state index in [4.69, 9.17) is 8.85 Å². The molecule has 5 heteroatoms. The van der Waals surface area contributed by atoms with Gasteiger partial charge in [0.15, 0.2) is 8.32 Å². The van der Waals surface area contributed by atoms with Crippen molar-refractivity contribution in [2.75, 3.05) is 6.61 Å². The van der Waals surface area contributed by atoms with Crippen molar-refractivity contribution in [3.05, 3.63) is 95.7 Å². The Labute approximate surface area is 261 Å². The molecule has 0 N–H and O–H groups in total. The summed E-state index contributed by atoms with van der Waals surface area (Å²) >= 11 is 0. The lowest BCUT2D eigenvalue weighted by molar-refractivity contribution is 0.219. The fraction of sp³-hybridized carbons (Fsp3) is 0.514. The summed E-state index contributed by atoms with van der Waals surface area (Å²) in [5, 5.41) is 2.86. The smallest absolute Gasteiger partial charge is 0.261 e. The van der Waals surface area contributed by atoms with Gasteiger partial charge in [-0.05, 0) is 82.0 Å². The van der Waals surface area contributed by atoms with E-state index in [9.17, 15) is 0 Å². The van der Waals surface area contributed by atoms with Gasteiger partial charge in [0.25, 0.3) is 8.32 Å². The zero-order chi connectivity index (χ0) is 31.4. The van der Waals surface area contributed by atoms with Crippen molar-refractivity contribution in [3.8, 4) is 0 Å². The Morgan fingerprint density at radius 1 is 0.833 bits per heavy atom. The summed E-state index contributed by atoms with van der Waals surface area (Å²) in [7, 11) is -5.80. The summed E-state index contributed by atoms with van der Waals surface area (Å²) < 4.78 is 14.1. The highest BCUT2D eigenvalue weighted by Crippen LogP contribution is 2.41. The van der Waals surface area contributed by atoms with E-state index in [2.05, 4.69) is 153 Å². The normalized spacial score (nSPS) is 18.2. The molecule has 2 nitrogen and oxygen atoms in total. The molecule has 230 valence electrons. The van der Waals surface area contributed by atoms with E-state index in [-0.39, 0.29) is 16.2 Å². The molecule has 1 aliphatic carbocycles. The summed E-state index contributed by atoms with van der Waals surface area (Å²) in [5.41, 5.74) is 6.63. The Morgan fingerprint density at radius 2 is 1.36 bits per heavy atom. The van der Waals surface area contributed by atoms with Crippen molar-refractivity contribution in [2.45, 2.75) is 116 Å². The molecular weight excluding hydrogens is 561 g/mol. The molecule has 0 spiro atoms. The maximum absolute atomic E-state index is 7.57. The molecular formula is C37H58O2Si3. The number of hydrogen-bond donors (Lipinski definition) is 0. The van der Waals surface area contributed by atoms with Gasteiger partial charge in [-0.1, -0.05) is 134 Å². The fourth-order valence-corrected chi connectivity index (χ4v) is 12.9. The van der Waals surface area contributed by atoms with Gasteiger partial charge >= 0.3 is 0 Å². The summed E-state index contributed by atoms with van der Waals surface area (Å²) in [6.45, 7) is 31.5. The van der Waals surface area contributed by atoms with Gasteiger partial charge < -0.3 is 8.85 Å². The molecule has 0 heterocycles. The molecule has 0 bridgehead atoms. The lowest BCUT2D eigenvalue weighted by Crippen LogP contribution is -2.67. The average molecular weight is 619 g/mol. The average Bonchev–Trinajstić information content (AvgIpc) is 2.89. The summed E-state index contributed by atoms with van der Waals surface area (Å²) in [5.74, 6) is 0. The van der Waals surface area contributed by atoms with E-state index in [0.29, 0.717) is 0 Å². The van der Waals surface area contributed by atoms with Gasteiger partial charge in [-0.2, -0.15) is 0 Å². The SMILES string of the molecule is C=C(CCCO[Si](C)(C)C(C)(C)C)C1=C[C@H](O[Si](c2ccccc2)(c2ccccc2)C(C)(C)C)CC/C1=C\[Si](C)(C)C.